The summed E-state index contributed by atoms with van der Waals surface area (Å²) >= 11 is 0. The van der Waals surface area contributed by atoms with Crippen molar-refractivity contribution in [1.82, 2.24) is 5.01 Å². The number of hydrogen-bond acceptors (Lipinski definition) is 2. The standard InChI is InChI=1S/C19H30N2/c1-3-5-8-14-18(15-9-6-4-2)20-21-16-19(21)17-12-10-7-11-13-17/h7,10-13,19H,3-6,8-9,14-16H2,1-2H3. The highest BCUT2D eigenvalue weighted by Gasteiger charge is 2.34. The van der Waals surface area contributed by atoms with Gasteiger partial charge in [0, 0.05) is 5.71 Å². The van der Waals surface area contributed by atoms with Crippen LogP contribution in [0.4, 0.5) is 0 Å². The van der Waals surface area contributed by atoms with Gasteiger partial charge in [-0.3, -0.25) is 5.01 Å². The number of hydrogen-bond donors (Lipinski definition) is 0. The van der Waals surface area contributed by atoms with Gasteiger partial charge in [-0.05, 0) is 31.2 Å². The van der Waals surface area contributed by atoms with Gasteiger partial charge < -0.3 is 0 Å². The third-order valence-corrected chi connectivity index (χ3v) is 4.18. The Hall–Kier alpha value is -1.31. The van der Waals surface area contributed by atoms with Crippen LogP contribution in [0.15, 0.2) is 35.4 Å². The summed E-state index contributed by atoms with van der Waals surface area (Å²) in [7, 11) is 0. The SMILES string of the molecule is CCCCCC(CCCCC)=NN1CC1c1ccccc1. The van der Waals surface area contributed by atoms with Crippen molar-refractivity contribution in [3.8, 4) is 0 Å². The minimum absolute atomic E-state index is 0.526. The fourth-order valence-corrected chi connectivity index (χ4v) is 2.76. The molecule has 116 valence electrons. The van der Waals surface area contributed by atoms with Gasteiger partial charge in [0.2, 0.25) is 0 Å². The Labute approximate surface area is 130 Å². The van der Waals surface area contributed by atoms with Crippen LogP contribution in [0.3, 0.4) is 0 Å². The van der Waals surface area contributed by atoms with E-state index in [2.05, 4.69) is 49.2 Å². The fraction of sp³-hybridized carbons (Fsp3) is 0.632. The topological polar surface area (TPSA) is 15.4 Å². The van der Waals surface area contributed by atoms with E-state index in [0.29, 0.717) is 6.04 Å². The van der Waals surface area contributed by atoms with E-state index in [-0.39, 0.29) is 0 Å². The van der Waals surface area contributed by atoms with Gasteiger partial charge in [0.15, 0.2) is 0 Å². The second kappa shape index (κ2) is 8.86. The highest BCUT2D eigenvalue weighted by molar-refractivity contribution is 5.84. The van der Waals surface area contributed by atoms with Crippen LogP contribution in [0.25, 0.3) is 0 Å². The lowest BCUT2D eigenvalue weighted by Gasteiger charge is -2.08. The van der Waals surface area contributed by atoms with Crippen LogP contribution < -0.4 is 0 Å². The molecule has 2 nitrogen and oxygen atoms in total. The highest BCUT2D eigenvalue weighted by Crippen LogP contribution is 2.35. The van der Waals surface area contributed by atoms with Crippen LogP contribution in [0.5, 0.6) is 0 Å². The molecule has 0 aliphatic carbocycles. The first-order valence-corrected chi connectivity index (χ1v) is 8.73. The zero-order valence-electron chi connectivity index (χ0n) is 13.7. The van der Waals surface area contributed by atoms with Gasteiger partial charge in [-0.25, -0.2) is 0 Å². The lowest BCUT2D eigenvalue weighted by Crippen LogP contribution is -2.03. The molecule has 0 saturated carbocycles. The molecule has 1 atom stereocenters. The van der Waals surface area contributed by atoms with Gasteiger partial charge in [-0.15, -0.1) is 0 Å². The first-order chi connectivity index (χ1) is 10.3. The predicted molar refractivity (Wildman–Crippen MR) is 91.6 cm³/mol. The quantitative estimate of drug-likeness (QED) is 0.312. The molecule has 1 heterocycles. The van der Waals surface area contributed by atoms with Gasteiger partial charge in [-0.2, -0.15) is 5.10 Å². The summed E-state index contributed by atoms with van der Waals surface area (Å²) in [6.07, 6.45) is 10.2. The molecule has 1 aromatic rings. The minimum Gasteiger partial charge on any atom is -0.285 e. The average Bonchev–Trinajstić information content (AvgIpc) is 3.28. The average molecular weight is 286 g/mol. The Bertz CT molecular complexity index is 412. The second-order valence-corrected chi connectivity index (χ2v) is 6.13. The second-order valence-electron chi connectivity index (χ2n) is 6.13. The fourth-order valence-electron chi connectivity index (χ4n) is 2.76. The van der Waals surface area contributed by atoms with E-state index < -0.39 is 0 Å². The van der Waals surface area contributed by atoms with E-state index in [1.165, 1.54) is 62.6 Å². The smallest absolute Gasteiger partial charge is 0.0912 e. The normalized spacial score (nSPS) is 16.9. The Balaban J connectivity index is 1.87. The molecule has 1 unspecified atom stereocenters. The lowest BCUT2D eigenvalue weighted by molar-refractivity contribution is 0.543. The maximum absolute atomic E-state index is 4.94. The summed E-state index contributed by atoms with van der Waals surface area (Å²) in [4.78, 5) is 0. The largest absolute Gasteiger partial charge is 0.285 e. The number of nitrogens with zero attached hydrogens (tertiary/aromatic N) is 2. The molecule has 1 aliphatic rings. The number of unbranched alkanes of at least 4 members (excludes halogenated alkanes) is 4. The Kier molecular flexibility index (Phi) is 6.78. The van der Waals surface area contributed by atoms with Crippen molar-refractivity contribution < 1.29 is 0 Å². The maximum Gasteiger partial charge on any atom is 0.0912 e. The van der Waals surface area contributed by atoms with E-state index >= 15 is 0 Å². The van der Waals surface area contributed by atoms with Crippen molar-refractivity contribution in [2.75, 3.05) is 6.54 Å². The molecule has 0 spiro atoms. The Morgan fingerprint density at radius 3 is 2.19 bits per heavy atom. The lowest BCUT2D eigenvalue weighted by atomic mass is 10.1. The van der Waals surface area contributed by atoms with E-state index in [4.69, 9.17) is 5.10 Å². The van der Waals surface area contributed by atoms with Crippen molar-refractivity contribution in [2.45, 2.75) is 71.3 Å². The molecule has 2 heteroatoms. The molecule has 0 aromatic heterocycles. The van der Waals surface area contributed by atoms with Gasteiger partial charge in [0.05, 0.1) is 12.6 Å². The Morgan fingerprint density at radius 1 is 1.00 bits per heavy atom. The molecule has 1 fully saturated rings. The highest BCUT2D eigenvalue weighted by atomic mass is 15.6. The molecule has 1 aromatic carbocycles. The Morgan fingerprint density at radius 2 is 1.62 bits per heavy atom. The van der Waals surface area contributed by atoms with Crippen LogP contribution in [-0.2, 0) is 0 Å². The van der Waals surface area contributed by atoms with Crippen molar-refractivity contribution in [1.29, 1.82) is 0 Å². The zero-order valence-corrected chi connectivity index (χ0v) is 13.7. The molecule has 0 amide bonds. The van der Waals surface area contributed by atoms with Gasteiger partial charge >= 0.3 is 0 Å². The monoisotopic (exact) mass is 286 g/mol. The van der Waals surface area contributed by atoms with E-state index in [1.807, 2.05) is 0 Å². The number of rotatable bonds is 10. The molecule has 0 bridgehead atoms. The summed E-state index contributed by atoms with van der Waals surface area (Å²) in [5.41, 5.74) is 2.83. The molecule has 1 aliphatic heterocycles. The summed E-state index contributed by atoms with van der Waals surface area (Å²) in [6.45, 7) is 5.63. The van der Waals surface area contributed by atoms with Crippen LogP contribution in [0.1, 0.15) is 76.8 Å². The van der Waals surface area contributed by atoms with Gasteiger partial charge in [0.1, 0.15) is 0 Å². The molecule has 1 saturated heterocycles. The zero-order chi connectivity index (χ0) is 14.9. The van der Waals surface area contributed by atoms with E-state index in [9.17, 15) is 0 Å². The third-order valence-electron chi connectivity index (χ3n) is 4.18. The maximum atomic E-state index is 4.94. The van der Waals surface area contributed by atoms with Gasteiger partial charge in [-0.1, -0.05) is 69.9 Å². The van der Waals surface area contributed by atoms with Crippen LogP contribution >= 0.6 is 0 Å². The first kappa shape index (κ1) is 16.1. The molecular weight excluding hydrogens is 256 g/mol. The van der Waals surface area contributed by atoms with Crippen molar-refractivity contribution >= 4 is 5.71 Å². The molecule has 21 heavy (non-hydrogen) atoms. The van der Waals surface area contributed by atoms with Gasteiger partial charge in [0.25, 0.3) is 0 Å². The summed E-state index contributed by atoms with van der Waals surface area (Å²) in [6, 6.07) is 11.3. The molecular formula is C19H30N2. The van der Waals surface area contributed by atoms with Crippen LogP contribution in [-0.4, -0.2) is 17.3 Å². The summed E-state index contributed by atoms with van der Waals surface area (Å²) in [5.74, 6) is 0. The summed E-state index contributed by atoms with van der Waals surface area (Å²) in [5, 5.41) is 7.21. The molecule has 0 radical (unpaired) electrons. The predicted octanol–water partition coefficient (Wildman–Crippen LogP) is 5.56. The van der Waals surface area contributed by atoms with Crippen molar-refractivity contribution in [3.05, 3.63) is 35.9 Å². The summed E-state index contributed by atoms with van der Waals surface area (Å²) < 4.78 is 0. The number of hydrazone groups is 1. The number of benzene rings is 1. The van der Waals surface area contributed by atoms with Crippen LogP contribution in [0, 0.1) is 0 Å². The first-order valence-electron chi connectivity index (χ1n) is 8.73. The third kappa shape index (κ3) is 5.53. The minimum atomic E-state index is 0.526. The van der Waals surface area contributed by atoms with E-state index in [1.54, 1.807) is 0 Å². The van der Waals surface area contributed by atoms with Crippen molar-refractivity contribution in [2.24, 2.45) is 5.10 Å². The molecule has 2 rings (SSSR count). The van der Waals surface area contributed by atoms with E-state index in [0.717, 1.165) is 6.54 Å². The van der Waals surface area contributed by atoms with Crippen molar-refractivity contribution in [3.63, 3.8) is 0 Å². The van der Waals surface area contributed by atoms with Crippen LogP contribution in [0.2, 0.25) is 0 Å². The molecule has 0 N–H and O–H groups in total.